The summed E-state index contributed by atoms with van der Waals surface area (Å²) < 4.78 is 10.9. The van der Waals surface area contributed by atoms with Gasteiger partial charge in [0.15, 0.2) is 0 Å². The molecule has 0 aliphatic carbocycles. The van der Waals surface area contributed by atoms with E-state index in [1.807, 2.05) is 27.7 Å². The van der Waals surface area contributed by atoms with Crippen LogP contribution in [0.25, 0.3) is 0 Å². The first-order chi connectivity index (χ1) is 9.81. The third-order valence-electron chi connectivity index (χ3n) is 3.29. The molecule has 1 aliphatic rings. The SMILES string of the molecule is CC(C)Oc1ncc(C(=O)N2CCOCC2(C)C)cc1Cl. The number of ether oxygens (including phenoxy) is 2. The number of rotatable bonds is 3. The molecule has 6 heteroatoms. The summed E-state index contributed by atoms with van der Waals surface area (Å²) in [5.41, 5.74) is 0.126. The van der Waals surface area contributed by atoms with Crippen molar-refractivity contribution in [1.82, 2.24) is 9.88 Å². The van der Waals surface area contributed by atoms with E-state index in [1.54, 1.807) is 11.0 Å². The largest absolute Gasteiger partial charge is 0.474 e. The standard InChI is InChI=1S/C15H21ClN2O3/c1-10(2)21-13-12(16)7-11(8-17-13)14(19)18-5-6-20-9-15(18,3)4/h7-8,10H,5-6,9H2,1-4H3. The number of aromatic nitrogens is 1. The van der Waals surface area contributed by atoms with Crippen LogP contribution in [0.2, 0.25) is 5.02 Å². The van der Waals surface area contributed by atoms with Gasteiger partial charge in [-0.25, -0.2) is 4.98 Å². The third kappa shape index (κ3) is 3.66. The molecule has 0 bridgehead atoms. The van der Waals surface area contributed by atoms with Crippen molar-refractivity contribution in [2.45, 2.75) is 39.3 Å². The molecule has 116 valence electrons. The summed E-state index contributed by atoms with van der Waals surface area (Å²) >= 11 is 6.14. The molecule has 1 aliphatic heterocycles. The molecule has 0 radical (unpaired) electrons. The van der Waals surface area contributed by atoms with Crippen molar-refractivity contribution < 1.29 is 14.3 Å². The molecule has 0 atom stereocenters. The van der Waals surface area contributed by atoms with Crippen LogP contribution in [-0.4, -0.2) is 47.2 Å². The molecule has 1 amide bonds. The zero-order valence-corrected chi connectivity index (χ0v) is 13.6. The predicted octanol–water partition coefficient (Wildman–Crippen LogP) is 2.77. The molecule has 21 heavy (non-hydrogen) atoms. The number of morpholine rings is 1. The fourth-order valence-corrected chi connectivity index (χ4v) is 2.45. The number of carbonyl (C=O) groups excluding carboxylic acids is 1. The minimum Gasteiger partial charge on any atom is -0.474 e. The maximum Gasteiger partial charge on any atom is 0.256 e. The van der Waals surface area contributed by atoms with Crippen LogP contribution in [0.15, 0.2) is 12.3 Å². The molecule has 0 unspecified atom stereocenters. The van der Waals surface area contributed by atoms with E-state index >= 15 is 0 Å². The topological polar surface area (TPSA) is 51.7 Å². The Balaban J connectivity index is 2.21. The lowest BCUT2D eigenvalue weighted by atomic mass is 10.0. The zero-order chi connectivity index (χ0) is 15.6. The summed E-state index contributed by atoms with van der Waals surface area (Å²) in [6.45, 7) is 9.39. The van der Waals surface area contributed by atoms with Gasteiger partial charge in [0.2, 0.25) is 5.88 Å². The molecule has 1 saturated heterocycles. The average Bonchev–Trinajstić information content (AvgIpc) is 2.39. The van der Waals surface area contributed by atoms with Crippen LogP contribution in [0.3, 0.4) is 0 Å². The number of pyridine rings is 1. The van der Waals surface area contributed by atoms with Gasteiger partial charge in [-0.2, -0.15) is 0 Å². The molecule has 1 fully saturated rings. The van der Waals surface area contributed by atoms with Crippen molar-refractivity contribution in [1.29, 1.82) is 0 Å². The Hall–Kier alpha value is -1.33. The van der Waals surface area contributed by atoms with Crippen molar-refractivity contribution >= 4 is 17.5 Å². The Morgan fingerprint density at radius 2 is 2.24 bits per heavy atom. The minimum absolute atomic E-state index is 0.0188. The van der Waals surface area contributed by atoms with Crippen molar-refractivity contribution in [3.8, 4) is 5.88 Å². The highest BCUT2D eigenvalue weighted by Gasteiger charge is 2.34. The number of halogens is 1. The van der Waals surface area contributed by atoms with E-state index in [0.717, 1.165) is 0 Å². The smallest absolute Gasteiger partial charge is 0.256 e. The van der Waals surface area contributed by atoms with Crippen LogP contribution in [0.4, 0.5) is 0 Å². The van der Waals surface area contributed by atoms with Gasteiger partial charge in [0.05, 0.1) is 30.4 Å². The van der Waals surface area contributed by atoms with Crippen LogP contribution in [0, 0.1) is 0 Å². The van der Waals surface area contributed by atoms with Gasteiger partial charge >= 0.3 is 0 Å². The second-order valence-corrected chi connectivity index (χ2v) is 6.41. The van der Waals surface area contributed by atoms with Gasteiger partial charge in [-0.1, -0.05) is 11.6 Å². The van der Waals surface area contributed by atoms with Crippen molar-refractivity contribution in [3.63, 3.8) is 0 Å². The molecular formula is C15H21ClN2O3. The Bertz CT molecular complexity index is 532. The fraction of sp³-hybridized carbons (Fsp3) is 0.600. The average molecular weight is 313 g/mol. The van der Waals surface area contributed by atoms with Gasteiger partial charge in [0.25, 0.3) is 5.91 Å². The number of hydrogen-bond donors (Lipinski definition) is 0. The number of amides is 1. The Kier molecular flexibility index (Phi) is 4.74. The first-order valence-electron chi connectivity index (χ1n) is 7.03. The molecule has 1 aromatic rings. The van der Waals surface area contributed by atoms with E-state index in [0.29, 0.717) is 36.2 Å². The number of hydrogen-bond acceptors (Lipinski definition) is 4. The summed E-state index contributed by atoms with van der Waals surface area (Å²) in [6, 6.07) is 1.61. The minimum atomic E-state index is -0.338. The highest BCUT2D eigenvalue weighted by Crippen LogP contribution is 2.26. The van der Waals surface area contributed by atoms with E-state index in [1.165, 1.54) is 6.20 Å². The van der Waals surface area contributed by atoms with Gasteiger partial charge in [-0.3, -0.25) is 4.79 Å². The second-order valence-electron chi connectivity index (χ2n) is 6.00. The Morgan fingerprint density at radius 3 is 2.81 bits per heavy atom. The molecule has 0 aromatic carbocycles. The maximum atomic E-state index is 12.6. The molecule has 0 N–H and O–H groups in total. The normalized spacial score (nSPS) is 17.9. The molecular weight excluding hydrogens is 292 g/mol. The first kappa shape index (κ1) is 16.0. The van der Waals surface area contributed by atoms with E-state index in [-0.39, 0.29) is 17.6 Å². The predicted molar refractivity (Wildman–Crippen MR) is 80.9 cm³/mol. The van der Waals surface area contributed by atoms with Crippen molar-refractivity contribution in [2.24, 2.45) is 0 Å². The van der Waals surface area contributed by atoms with Crippen molar-refractivity contribution in [2.75, 3.05) is 19.8 Å². The highest BCUT2D eigenvalue weighted by atomic mass is 35.5. The van der Waals surface area contributed by atoms with Gasteiger partial charge in [-0.05, 0) is 33.8 Å². The molecule has 5 nitrogen and oxygen atoms in total. The molecule has 0 spiro atoms. The van der Waals surface area contributed by atoms with Gasteiger partial charge in [0.1, 0.15) is 5.02 Å². The Morgan fingerprint density at radius 1 is 1.52 bits per heavy atom. The van der Waals surface area contributed by atoms with Crippen molar-refractivity contribution in [3.05, 3.63) is 22.8 Å². The van der Waals surface area contributed by atoms with Gasteiger partial charge in [-0.15, -0.1) is 0 Å². The monoisotopic (exact) mass is 312 g/mol. The summed E-state index contributed by atoms with van der Waals surface area (Å²) in [5, 5.41) is 0.348. The van der Waals surface area contributed by atoms with Crippen LogP contribution in [0.5, 0.6) is 5.88 Å². The van der Waals surface area contributed by atoms with Crippen LogP contribution >= 0.6 is 11.6 Å². The first-order valence-corrected chi connectivity index (χ1v) is 7.41. The fourth-order valence-electron chi connectivity index (χ4n) is 2.24. The highest BCUT2D eigenvalue weighted by molar-refractivity contribution is 6.32. The summed E-state index contributed by atoms with van der Waals surface area (Å²) in [4.78, 5) is 18.6. The molecule has 2 heterocycles. The summed E-state index contributed by atoms with van der Waals surface area (Å²) in [6.07, 6.45) is 1.49. The maximum absolute atomic E-state index is 12.6. The number of nitrogens with zero attached hydrogens (tertiary/aromatic N) is 2. The lowest BCUT2D eigenvalue weighted by molar-refractivity contribution is -0.0370. The summed E-state index contributed by atoms with van der Waals surface area (Å²) in [7, 11) is 0. The van der Waals surface area contributed by atoms with Gasteiger partial charge in [0, 0.05) is 12.7 Å². The molecule has 2 rings (SSSR count). The Labute approximate surface area is 130 Å². The van der Waals surface area contributed by atoms with Crippen LogP contribution in [-0.2, 0) is 4.74 Å². The molecule has 0 saturated carbocycles. The van der Waals surface area contributed by atoms with E-state index < -0.39 is 0 Å². The third-order valence-corrected chi connectivity index (χ3v) is 3.56. The summed E-state index contributed by atoms with van der Waals surface area (Å²) in [5.74, 6) is 0.262. The van der Waals surface area contributed by atoms with E-state index in [4.69, 9.17) is 21.1 Å². The molecule has 1 aromatic heterocycles. The van der Waals surface area contributed by atoms with Crippen LogP contribution in [0.1, 0.15) is 38.1 Å². The van der Waals surface area contributed by atoms with E-state index in [9.17, 15) is 4.79 Å². The second kappa shape index (κ2) is 6.20. The van der Waals surface area contributed by atoms with Crippen LogP contribution < -0.4 is 4.74 Å². The quantitative estimate of drug-likeness (QED) is 0.861. The lowest BCUT2D eigenvalue weighted by Crippen LogP contribution is -2.55. The number of carbonyl (C=O) groups is 1. The van der Waals surface area contributed by atoms with Gasteiger partial charge < -0.3 is 14.4 Å². The lowest BCUT2D eigenvalue weighted by Gasteiger charge is -2.42. The zero-order valence-electron chi connectivity index (χ0n) is 12.9. The van der Waals surface area contributed by atoms with E-state index in [2.05, 4.69) is 4.98 Å².